The third-order valence-electron chi connectivity index (χ3n) is 4.63. The number of rotatable bonds is 3. The van der Waals surface area contributed by atoms with Crippen molar-refractivity contribution in [1.29, 1.82) is 0 Å². The van der Waals surface area contributed by atoms with Crippen molar-refractivity contribution >= 4 is 15.7 Å². The topological polar surface area (TPSA) is 52.7 Å². The highest BCUT2D eigenvalue weighted by Crippen LogP contribution is 2.31. The molecule has 1 fully saturated rings. The number of anilines is 1. The molecule has 0 radical (unpaired) electrons. The van der Waals surface area contributed by atoms with Gasteiger partial charge in [-0.2, -0.15) is 4.31 Å². The number of nitrogens with one attached hydrogen (secondary N) is 1. The van der Waals surface area contributed by atoms with E-state index in [2.05, 4.69) is 28.4 Å². The van der Waals surface area contributed by atoms with Crippen LogP contribution in [0.2, 0.25) is 0 Å². The highest BCUT2D eigenvalue weighted by atomic mass is 32.2. The normalized spacial score (nSPS) is 20.2. The van der Waals surface area contributed by atoms with Crippen molar-refractivity contribution in [3.8, 4) is 0 Å². The van der Waals surface area contributed by atoms with E-state index >= 15 is 0 Å². The van der Waals surface area contributed by atoms with E-state index in [9.17, 15) is 8.42 Å². The molecule has 0 spiro atoms. The smallest absolute Gasteiger partial charge is 0.216 e. The molecule has 2 aliphatic heterocycles. The van der Waals surface area contributed by atoms with Gasteiger partial charge in [0.25, 0.3) is 0 Å². The number of benzene rings is 1. The van der Waals surface area contributed by atoms with Crippen LogP contribution in [0.25, 0.3) is 0 Å². The van der Waals surface area contributed by atoms with Crippen molar-refractivity contribution in [3.05, 3.63) is 29.3 Å². The third kappa shape index (κ3) is 2.87. The molecule has 1 N–H and O–H groups in total. The Hall–Kier alpha value is -1.11. The van der Waals surface area contributed by atoms with E-state index in [1.54, 1.807) is 18.2 Å². The first kappa shape index (κ1) is 15.8. The van der Waals surface area contributed by atoms with Crippen molar-refractivity contribution in [1.82, 2.24) is 9.62 Å². The molecule has 1 saturated heterocycles. The molecule has 22 heavy (non-hydrogen) atoms. The standard InChI is InChI=1S/C16H25N3O2S/c1-13(2)22(20,21)19-9-6-14-4-3-5-16(15(14)12-19)18-10-7-17-8-11-18/h3-5,13,17H,6-12H2,1-2H3. The second kappa shape index (κ2) is 6.18. The molecule has 5 nitrogen and oxygen atoms in total. The lowest BCUT2D eigenvalue weighted by atomic mass is 9.98. The van der Waals surface area contributed by atoms with Gasteiger partial charge in [0.1, 0.15) is 0 Å². The van der Waals surface area contributed by atoms with Crippen molar-refractivity contribution in [3.63, 3.8) is 0 Å². The van der Waals surface area contributed by atoms with E-state index in [1.807, 2.05) is 0 Å². The lowest BCUT2D eigenvalue weighted by Crippen LogP contribution is -2.45. The summed E-state index contributed by atoms with van der Waals surface area (Å²) in [6.07, 6.45) is 0.807. The van der Waals surface area contributed by atoms with Gasteiger partial charge in [-0.15, -0.1) is 0 Å². The number of nitrogens with zero attached hydrogens (tertiary/aromatic N) is 2. The average molecular weight is 323 g/mol. The van der Waals surface area contributed by atoms with Crippen molar-refractivity contribution in [2.45, 2.75) is 32.1 Å². The molecule has 0 saturated carbocycles. The fourth-order valence-electron chi connectivity index (χ4n) is 3.26. The van der Waals surface area contributed by atoms with Gasteiger partial charge in [0.15, 0.2) is 0 Å². The zero-order valence-corrected chi connectivity index (χ0v) is 14.2. The Bertz CT molecular complexity index is 637. The summed E-state index contributed by atoms with van der Waals surface area (Å²) in [6, 6.07) is 6.37. The van der Waals surface area contributed by atoms with Crippen LogP contribution in [0.1, 0.15) is 25.0 Å². The molecule has 0 atom stereocenters. The highest BCUT2D eigenvalue weighted by molar-refractivity contribution is 7.89. The van der Waals surface area contributed by atoms with Crippen LogP contribution in [0.3, 0.4) is 0 Å². The van der Waals surface area contributed by atoms with Crippen LogP contribution in [-0.4, -0.2) is 50.7 Å². The van der Waals surface area contributed by atoms with Crippen LogP contribution in [-0.2, 0) is 23.0 Å². The summed E-state index contributed by atoms with van der Waals surface area (Å²) in [4.78, 5) is 2.38. The second-order valence-electron chi connectivity index (χ2n) is 6.33. The van der Waals surface area contributed by atoms with Gasteiger partial charge >= 0.3 is 0 Å². The van der Waals surface area contributed by atoms with Gasteiger partial charge in [-0.1, -0.05) is 12.1 Å². The number of sulfonamides is 1. The maximum Gasteiger partial charge on any atom is 0.216 e. The van der Waals surface area contributed by atoms with Crippen molar-refractivity contribution < 1.29 is 8.42 Å². The third-order valence-corrected chi connectivity index (χ3v) is 6.85. The predicted molar refractivity (Wildman–Crippen MR) is 89.7 cm³/mol. The van der Waals surface area contributed by atoms with Gasteiger partial charge in [0.05, 0.1) is 5.25 Å². The summed E-state index contributed by atoms with van der Waals surface area (Å²) < 4.78 is 26.6. The van der Waals surface area contributed by atoms with Crippen LogP contribution < -0.4 is 10.2 Å². The van der Waals surface area contributed by atoms with Crippen LogP contribution in [0.5, 0.6) is 0 Å². The largest absolute Gasteiger partial charge is 0.369 e. The molecule has 122 valence electrons. The fourth-order valence-corrected chi connectivity index (χ4v) is 4.51. The molecule has 0 aromatic heterocycles. The monoisotopic (exact) mass is 323 g/mol. The number of hydrogen-bond acceptors (Lipinski definition) is 4. The van der Waals surface area contributed by atoms with E-state index in [-0.39, 0.29) is 5.25 Å². The summed E-state index contributed by atoms with van der Waals surface area (Å²) in [5.41, 5.74) is 3.70. The highest BCUT2D eigenvalue weighted by Gasteiger charge is 2.31. The number of hydrogen-bond donors (Lipinski definition) is 1. The minimum Gasteiger partial charge on any atom is -0.369 e. The van der Waals surface area contributed by atoms with Crippen LogP contribution >= 0.6 is 0 Å². The zero-order chi connectivity index (χ0) is 15.7. The Kier molecular flexibility index (Phi) is 4.43. The molecule has 0 unspecified atom stereocenters. The first-order chi connectivity index (χ1) is 10.5. The summed E-state index contributed by atoms with van der Waals surface area (Å²) in [5, 5.41) is 3.00. The number of piperazine rings is 1. The lowest BCUT2D eigenvalue weighted by molar-refractivity contribution is 0.386. The van der Waals surface area contributed by atoms with Crippen molar-refractivity contribution in [2.75, 3.05) is 37.6 Å². The molecule has 3 rings (SSSR count). The van der Waals surface area contributed by atoms with Crippen LogP contribution in [0, 0.1) is 0 Å². The Morgan fingerprint density at radius 3 is 2.55 bits per heavy atom. The molecule has 0 amide bonds. The Morgan fingerprint density at radius 1 is 1.14 bits per heavy atom. The maximum absolute atomic E-state index is 12.5. The van der Waals surface area contributed by atoms with E-state index in [0.717, 1.165) is 32.6 Å². The van der Waals surface area contributed by atoms with E-state index < -0.39 is 10.0 Å². The van der Waals surface area contributed by atoms with Gasteiger partial charge in [-0.05, 0) is 37.5 Å². The van der Waals surface area contributed by atoms with E-state index in [4.69, 9.17) is 0 Å². The molecular weight excluding hydrogens is 298 g/mol. The minimum absolute atomic E-state index is 0.361. The maximum atomic E-state index is 12.5. The Balaban J connectivity index is 1.92. The molecule has 0 bridgehead atoms. The fraction of sp³-hybridized carbons (Fsp3) is 0.625. The molecule has 0 aliphatic carbocycles. The first-order valence-electron chi connectivity index (χ1n) is 8.05. The Labute approximate surface area is 133 Å². The summed E-state index contributed by atoms with van der Waals surface area (Å²) in [6.45, 7) is 8.55. The average Bonchev–Trinajstić information content (AvgIpc) is 2.54. The molecular formula is C16H25N3O2S. The first-order valence-corrected chi connectivity index (χ1v) is 9.56. The quantitative estimate of drug-likeness (QED) is 0.908. The van der Waals surface area contributed by atoms with E-state index in [0.29, 0.717) is 13.1 Å². The van der Waals surface area contributed by atoms with Gasteiger partial charge in [0.2, 0.25) is 10.0 Å². The molecule has 1 aromatic rings. The van der Waals surface area contributed by atoms with E-state index in [1.165, 1.54) is 16.8 Å². The number of fused-ring (bicyclic) bond motifs is 1. The molecule has 1 aromatic carbocycles. The van der Waals surface area contributed by atoms with Gasteiger partial charge in [-0.3, -0.25) is 0 Å². The molecule has 6 heteroatoms. The second-order valence-corrected chi connectivity index (χ2v) is 8.82. The summed E-state index contributed by atoms with van der Waals surface area (Å²) >= 11 is 0. The van der Waals surface area contributed by atoms with Gasteiger partial charge in [-0.25, -0.2) is 8.42 Å². The predicted octanol–water partition coefficient (Wildman–Crippen LogP) is 1.19. The van der Waals surface area contributed by atoms with Crippen molar-refractivity contribution in [2.24, 2.45) is 0 Å². The zero-order valence-electron chi connectivity index (χ0n) is 13.4. The summed E-state index contributed by atoms with van der Waals surface area (Å²) in [5.74, 6) is 0. The van der Waals surface area contributed by atoms with Crippen LogP contribution in [0.15, 0.2) is 18.2 Å². The molecule has 2 aliphatic rings. The van der Waals surface area contributed by atoms with Gasteiger partial charge in [0, 0.05) is 45.0 Å². The Morgan fingerprint density at radius 2 is 1.86 bits per heavy atom. The van der Waals surface area contributed by atoms with Crippen LogP contribution in [0.4, 0.5) is 5.69 Å². The van der Waals surface area contributed by atoms with Gasteiger partial charge < -0.3 is 10.2 Å². The SMILES string of the molecule is CC(C)S(=O)(=O)N1CCc2cccc(N3CCNCC3)c2C1. The lowest BCUT2D eigenvalue weighted by Gasteiger charge is -2.36. The summed E-state index contributed by atoms with van der Waals surface area (Å²) in [7, 11) is -3.19. The minimum atomic E-state index is -3.19. The molecule has 2 heterocycles.